The third-order valence-electron chi connectivity index (χ3n) is 3.96. The standard InChI is InChI=1S/C16H18BrNO2/c1-20-11-2-3-12-14(9-11)13(4-5-15(12)17)16-8-10(19)6-7-18-16/h2-5,9-10,16,18-19H,6-8H2,1H3/t10-,16-/m0/s1. The summed E-state index contributed by atoms with van der Waals surface area (Å²) in [6.07, 6.45) is 1.37. The first-order valence-electron chi connectivity index (χ1n) is 6.86. The molecule has 106 valence electrons. The molecule has 2 aromatic carbocycles. The van der Waals surface area contributed by atoms with E-state index in [0.29, 0.717) is 0 Å². The fraction of sp³-hybridized carbons (Fsp3) is 0.375. The molecule has 3 nitrogen and oxygen atoms in total. The van der Waals surface area contributed by atoms with Crippen LogP contribution in [-0.2, 0) is 0 Å². The number of hydrogen-bond donors (Lipinski definition) is 2. The van der Waals surface area contributed by atoms with Crippen molar-refractivity contribution >= 4 is 26.7 Å². The number of ether oxygens (including phenoxy) is 1. The predicted octanol–water partition coefficient (Wildman–Crippen LogP) is 3.40. The highest BCUT2D eigenvalue weighted by Crippen LogP contribution is 2.35. The van der Waals surface area contributed by atoms with Crippen LogP contribution in [0.25, 0.3) is 10.8 Å². The zero-order valence-electron chi connectivity index (χ0n) is 11.4. The van der Waals surface area contributed by atoms with E-state index in [4.69, 9.17) is 4.74 Å². The summed E-state index contributed by atoms with van der Waals surface area (Å²) in [6.45, 7) is 0.855. The molecule has 0 amide bonds. The fourth-order valence-corrected chi connectivity index (χ4v) is 3.36. The molecule has 1 fully saturated rings. The molecule has 3 rings (SSSR count). The number of hydrogen-bond acceptors (Lipinski definition) is 3. The second-order valence-electron chi connectivity index (χ2n) is 5.23. The van der Waals surface area contributed by atoms with Crippen LogP contribution in [0.1, 0.15) is 24.4 Å². The summed E-state index contributed by atoms with van der Waals surface area (Å²) in [5, 5.41) is 15.7. The Labute approximate surface area is 127 Å². The number of rotatable bonds is 2. The number of fused-ring (bicyclic) bond motifs is 1. The molecule has 2 aromatic rings. The minimum Gasteiger partial charge on any atom is -0.497 e. The molecule has 0 aromatic heterocycles. The van der Waals surface area contributed by atoms with Crippen molar-refractivity contribution in [2.45, 2.75) is 25.0 Å². The Morgan fingerprint density at radius 3 is 2.85 bits per heavy atom. The highest BCUT2D eigenvalue weighted by atomic mass is 79.9. The second kappa shape index (κ2) is 5.72. The van der Waals surface area contributed by atoms with Crippen LogP contribution in [0, 0.1) is 0 Å². The number of aliphatic hydroxyl groups is 1. The lowest BCUT2D eigenvalue weighted by molar-refractivity contribution is 0.117. The van der Waals surface area contributed by atoms with Crippen LogP contribution in [0.4, 0.5) is 0 Å². The lowest BCUT2D eigenvalue weighted by Gasteiger charge is -2.28. The highest BCUT2D eigenvalue weighted by Gasteiger charge is 2.22. The van der Waals surface area contributed by atoms with Crippen molar-refractivity contribution in [3.63, 3.8) is 0 Å². The Hall–Kier alpha value is -1.10. The van der Waals surface area contributed by atoms with Gasteiger partial charge in [0.05, 0.1) is 13.2 Å². The van der Waals surface area contributed by atoms with Crippen molar-refractivity contribution in [2.75, 3.05) is 13.7 Å². The van der Waals surface area contributed by atoms with Gasteiger partial charge in [0.25, 0.3) is 0 Å². The van der Waals surface area contributed by atoms with Gasteiger partial charge in [0, 0.05) is 10.5 Å². The fourth-order valence-electron chi connectivity index (χ4n) is 2.88. The van der Waals surface area contributed by atoms with Crippen LogP contribution in [0.2, 0.25) is 0 Å². The van der Waals surface area contributed by atoms with Gasteiger partial charge in [0.1, 0.15) is 5.75 Å². The Morgan fingerprint density at radius 2 is 2.10 bits per heavy atom. The molecule has 1 heterocycles. The van der Waals surface area contributed by atoms with E-state index in [1.165, 1.54) is 16.3 Å². The predicted molar refractivity (Wildman–Crippen MR) is 84.2 cm³/mol. The molecule has 1 aliphatic heterocycles. The SMILES string of the molecule is COc1ccc2c(Br)ccc([C@@H]3C[C@@H](O)CCN3)c2c1. The Bertz CT molecular complexity index is 629. The van der Waals surface area contributed by atoms with E-state index in [1.54, 1.807) is 7.11 Å². The molecule has 2 N–H and O–H groups in total. The molecule has 0 unspecified atom stereocenters. The summed E-state index contributed by atoms with van der Waals surface area (Å²) in [6, 6.07) is 10.5. The van der Waals surface area contributed by atoms with Gasteiger partial charge >= 0.3 is 0 Å². The minimum absolute atomic E-state index is 0.196. The summed E-state index contributed by atoms with van der Waals surface area (Å²) in [5.74, 6) is 0.855. The number of nitrogens with one attached hydrogen (secondary N) is 1. The van der Waals surface area contributed by atoms with Crippen molar-refractivity contribution in [3.8, 4) is 5.75 Å². The molecule has 20 heavy (non-hydrogen) atoms. The largest absolute Gasteiger partial charge is 0.497 e. The highest BCUT2D eigenvalue weighted by molar-refractivity contribution is 9.10. The van der Waals surface area contributed by atoms with E-state index in [2.05, 4.69) is 45.5 Å². The average molecular weight is 336 g/mol. The first-order valence-corrected chi connectivity index (χ1v) is 7.66. The van der Waals surface area contributed by atoms with Gasteiger partial charge in [0.15, 0.2) is 0 Å². The maximum atomic E-state index is 9.89. The molecule has 2 atom stereocenters. The Morgan fingerprint density at radius 1 is 1.25 bits per heavy atom. The monoisotopic (exact) mass is 335 g/mol. The molecular weight excluding hydrogens is 318 g/mol. The summed E-state index contributed by atoms with van der Waals surface area (Å²) >= 11 is 3.60. The summed E-state index contributed by atoms with van der Waals surface area (Å²) in [7, 11) is 1.68. The van der Waals surface area contributed by atoms with E-state index in [1.807, 2.05) is 6.07 Å². The van der Waals surface area contributed by atoms with E-state index in [0.717, 1.165) is 29.6 Å². The van der Waals surface area contributed by atoms with E-state index in [-0.39, 0.29) is 12.1 Å². The number of piperidine rings is 1. The molecule has 0 bridgehead atoms. The third kappa shape index (κ3) is 2.55. The first kappa shape index (κ1) is 13.9. The van der Waals surface area contributed by atoms with Gasteiger partial charge in [-0.3, -0.25) is 0 Å². The van der Waals surface area contributed by atoms with Crippen LogP contribution in [0.3, 0.4) is 0 Å². The van der Waals surface area contributed by atoms with Gasteiger partial charge in [0.2, 0.25) is 0 Å². The molecule has 0 radical (unpaired) electrons. The van der Waals surface area contributed by atoms with Gasteiger partial charge in [-0.05, 0) is 60.0 Å². The van der Waals surface area contributed by atoms with E-state index in [9.17, 15) is 5.11 Å². The molecule has 1 aliphatic rings. The lowest BCUT2D eigenvalue weighted by atomic mass is 9.91. The van der Waals surface area contributed by atoms with Crippen LogP contribution in [0.15, 0.2) is 34.8 Å². The molecule has 4 heteroatoms. The molecule has 0 aliphatic carbocycles. The van der Waals surface area contributed by atoms with E-state index >= 15 is 0 Å². The maximum absolute atomic E-state index is 9.89. The smallest absolute Gasteiger partial charge is 0.119 e. The van der Waals surface area contributed by atoms with Crippen LogP contribution in [0.5, 0.6) is 5.75 Å². The Kier molecular flexibility index (Phi) is 3.96. The van der Waals surface area contributed by atoms with Crippen LogP contribution < -0.4 is 10.1 Å². The number of halogens is 1. The minimum atomic E-state index is -0.217. The lowest BCUT2D eigenvalue weighted by Crippen LogP contribution is -2.34. The summed E-state index contributed by atoms with van der Waals surface area (Å²) in [5.41, 5.74) is 1.22. The average Bonchev–Trinajstić information content (AvgIpc) is 2.47. The second-order valence-corrected chi connectivity index (χ2v) is 6.09. The van der Waals surface area contributed by atoms with Crippen molar-refractivity contribution in [2.24, 2.45) is 0 Å². The maximum Gasteiger partial charge on any atom is 0.119 e. The summed E-state index contributed by atoms with van der Waals surface area (Å²) in [4.78, 5) is 0. The Balaban J connectivity index is 2.11. The number of benzene rings is 2. The van der Waals surface area contributed by atoms with Crippen molar-refractivity contribution in [1.29, 1.82) is 0 Å². The van der Waals surface area contributed by atoms with Gasteiger partial charge in [-0.15, -0.1) is 0 Å². The van der Waals surface area contributed by atoms with Crippen LogP contribution >= 0.6 is 15.9 Å². The molecule has 0 saturated carbocycles. The van der Waals surface area contributed by atoms with Gasteiger partial charge in [-0.25, -0.2) is 0 Å². The normalized spacial score (nSPS) is 22.9. The molecule has 1 saturated heterocycles. The van der Waals surface area contributed by atoms with Crippen molar-refractivity contribution in [1.82, 2.24) is 5.32 Å². The van der Waals surface area contributed by atoms with Gasteiger partial charge < -0.3 is 15.2 Å². The first-order chi connectivity index (χ1) is 9.69. The zero-order chi connectivity index (χ0) is 14.1. The number of aliphatic hydroxyl groups excluding tert-OH is 1. The van der Waals surface area contributed by atoms with Crippen molar-refractivity contribution < 1.29 is 9.84 Å². The zero-order valence-corrected chi connectivity index (χ0v) is 13.0. The topological polar surface area (TPSA) is 41.5 Å². The van der Waals surface area contributed by atoms with Crippen LogP contribution in [-0.4, -0.2) is 24.9 Å². The van der Waals surface area contributed by atoms with E-state index < -0.39 is 0 Å². The summed E-state index contributed by atoms with van der Waals surface area (Å²) < 4.78 is 6.42. The van der Waals surface area contributed by atoms with Crippen molar-refractivity contribution in [3.05, 3.63) is 40.4 Å². The van der Waals surface area contributed by atoms with Gasteiger partial charge in [-0.1, -0.05) is 22.0 Å². The molecule has 0 spiro atoms. The number of methoxy groups -OCH3 is 1. The quantitative estimate of drug-likeness (QED) is 0.883. The molecular formula is C16H18BrNO2. The third-order valence-corrected chi connectivity index (χ3v) is 4.65. The van der Waals surface area contributed by atoms with Gasteiger partial charge in [-0.2, -0.15) is 0 Å².